The quantitative estimate of drug-likeness (QED) is 0.257. The standard InChI is InChI=1S/C25H29NO6/c1-7-14(2)20(26-24(29)32-25(4,5)6)23(28)30-19-13-12-17-16-10-8-9-11-18(16)22(27)31-21(17)15(19)3/h8-14,20H,7H2,1-6H3,(H,26,29). The summed E-state index contributed by atoms with van der Waals surface area (Å²) in [5.74, 6) is -0.534. The summed E-state index contributed by atoms with van der Waals surface area (Å²) in [4.78, 5) is 37.7. The van der Waals surface area contributed by atoms with Crippen LogP contribution < -0.4 is 15.7 Å². The lowest BCUT2D eigenvalue weighted by atomic mass is 9.99. The normalized spacial score (nSPS) is 13.6. The average molecular weight is 440 g/mol. The van der Waals surface area contributed by atoms with Gasteiger partial charge in [-0.1, -0.05) is 38.5 Å². The van der Waals surface area contributed by atoms with Gasteiger partial charge in [0.05, 0.1) is 5.39 Å². The fourth-order valence-corrected chi connectivity index (χ4v) is 3.45. The molecule has 32 heavy (non-hydrogen) atoms. The zero-order valence-corrected chi connectivity index (χ0v) is 19.3. The van der Waals surface area contributed by atoms with Crippen molar-refractivity contribution in [2.45, 2.75) is 59.6 Å². The summed E-state index contributed by atoms with van der Waals surface area (Å²) in [6, 6.07) is 9.73. The van der Waals surface area contributed by atoms with Crippen molar-refractivity contribution in [3.8, 4) is 5.75 Å². The molecule has 3 rings (SSSR count). The molecule has 1 heterocycles. The van der Waals surface area contributed by atoms with Crippen LogP contribution in [0.3, 0.4) is 0 Å². The third kappa shape index (κ3) is 4.93. The molecule has 170 valence electrons. The number of nitrogens with one attached hydrogen (secondary N) is 1. The van der Waals surface area contributed by atoms with Crippen LogP contribution in [0.25, 0.3) is 21.7 Å². The van der Waals surface area contributed by atoms with E-state index in [1.54, 1.807) is 52.0 Å². The van der Waals surface area contributed by atoms with Crippen molar-refractivity contribution in [2.24, 2.45) is 5.92 Å². The lowest BCUT2D eigenvalue weighted by molar-refractivity contribution is -0.138. The van der Waals surface area contributed by atoms with E-state index in [2.05, 4.69) is 5.32 Å². The van der Waals surface area contributed by atoms with Crippen LogP contribution in [-0.2, 0) is 9.53 Å². The summed E-state index contributed by atoms with van der Waals surface area (Å²) >= 11 is 0. The van der Waals surface area contributed by atoms with Crippen LogP contribution >= 0.6 is 0 Å². The van der Waals surface area contributed by atoms with E-state index < -0.39 is 29.3 Å². The summed E-state index contributed by atoms with van der Waals surface area (Å²) in [6.45, 7) is 10.7. The summed E-state index contributed by atoms with van der Waals surface area (Å²) in [7, 11) is 0. The third-order valence-electron chi connectivity index (χ3n) is 5.34. The van der Waals surface area contributed by atoms with Crippen molar-refractivity contribution >= 4 is 33.8 Å². The first-order chi connectivity index (χ1) is 15.0. The van der Waals surface area contributed by atoms with Gasteiger partial charge in [-0.05, 0) is 57.2 Å². The van der Waals surface area contributed by atoms with E-state index in [1.165, 1.54) is 0 Å². The zero-order valence-electron chi connectivity index (χ0n) is 19.3. The highest BCUT2D eigenvalue weighted by molar-refractivity contribution is 6.05. The molecule has 0 fully saturated rings. The number of esters is 1. The van der Waals surface area contributed by atoms with E-state index in [4.69, 9.17) is 13.9 Å². The SMILES string of the molecule is CCC(C)C(NC(=O)OC(C)(C)C)C(=O)Oc1ccc2c(oc(=O)c3ccccc32)c1C. The number of carbonyl (C=O) groups excluding carboxylic acids is 2. The molecular weight excluding hydrogens is 410 g/mol. The Labute approximate surface area is 186 Å². The number of hydrogen-bond donors (Lipinski definition) is 1. The van der Waals surface area contributed by atoms with Crippen LogP contribution in [0, 0.1) is 12.8 Å². The fraction of sp³-hybridized carbons (Fsp3) is 0.400. The number of hydrogen-bond acceptors (Lipinski definition) is 6. The molecule has 7 nitrogen and oxygen atoms in total. The molecule has 0 spiro atoms. The molecule has 0 aliphatic carbocycles. The highest BCUT2D eigenvalue weighted by atomic mass is 16.6. The molecule has 0 bridgehead atoms. The topological polar surface area (TPSA) is 94.8 Å². The van der Waals surface area contributed by atoms with Crippen molar-refractivity contribution in [3.05, 3.63) is 52.4 Å². The minimum absolute atomic E-state index is 0.183. The lowest BCUT2D eigenvalue weighted by Gasteiger charge is -2.25. The number of fused-ring (bicyclic) bond motifs is 3. The fourth-order valence-electron chi connectivity index (χ4n) is 3.45. The Balaban J connectivity index is 1.93. The maximum Gasteiger partial charge on any atom is 0.408 e. The van der Waals surface area contributed by atoms with Crippen molar-refractivity contribution in [3.63, 3.8) is 0 Å². The molecule has 1 N–H and O–H groups in total. The Kier molecular flexibility index (Phi) is 6.57. The van der Waals surface area contributed by atoms with E-state index in [1.807, 2.05) is 26.0 Å². The van der Waals surface area contributed by atoms with Gasteiger partial charge in [-0.3, -0.25) is 0 Å². The number of benzene rings is 2. The minimum atomic E-state index is -0.895. The number of aryl methyl sites for hydroxylation is 1. The monoisotopic (exact) mass is 439 g/mol. The molecule has 0 aliphatic heterocycles. The van der Waals surface area contributed by atoms with Gasteiger partial charge in [0.25, 0.3) is 0 Å². The van der Waals surface area contributed by atoms with Gasteiger partial charge in [0.1, 0.15) is 23.0 Å². The molecule has 3 aromatic rings. The van der Waals surface area contributed by atoms with Gasteiger partial charge < -0.3 is 19.2 Å². The van der Waals surface area contributed by atoms with Crippen LogP contribution in [0.1, 0.15) is 46.6 Å². The predicted octanol–water partition coefficient (Wildman–Crippen LogP) is 5.10. The van der Waals surface area contributed by atoms with E-state index in [0.29, 0.717) is 23.0 Å². The molecule has 0 radical (unpaired) electrons. The van der Waals surface area contributed by atoms with Crippen molar-refractivity contribution < 1.29 is 23.5 Å². The molecule has 1 amide bonds. The Morgan fingerprint density at radius 3 is 2.34 bits per heavy atom. The van der Waals surface area contributed by atoms with Crippen molar-refractivity contribution in [1.29, 1.82) is 0 Å². The van der Waals surface area contributed by atoms with E-state index in [-0.39, 0.29) is 11.7 Å². The molecule has 7 heteroatoms. The Morgan fingerprint density at radius 2 is 1.72 bits per heavy atom. The maximum absolute atomic E-state index is 13.0. The number of alkyl carbamates (subject to hydrolysis) is 1. The highest BCUT2D eigenvalue weighted by Gasteiger charge is 2.30. The third-order valence-corrected chi connectivity index (χ3v) is 5.34. The molecule has 0 aliphatic rings. The molecule has 2 unspecified atom stereocenters. The zero-order chi connectivity index (χ0) is 23.6. The second-order valence-electron chi connectivity index (χ2n) is 8.93. The van der Waals surface area contributed by atoms with Gasteiger partial charge >= 0.3 is 17.7 Å². The van der Waals surface area contributed by atoms with Crippen LogP contribution in [-0.4, -0.2) is 23.7 Å². The minimum Gasteiger partial charge on any atom is -0.444 e. The average Bonchev–Trinajstić information content (AvgIpc) is 2.73. The van der Waals surface area contributed by atoms with Crippen LogP contribution in [0.15, 0.2) is 45.6 Å². The molecule has 2 aromatic carbocycles. The molecule has 0 saturated carbocycles. The number of rotatable bonds is 5. The lowest BCUT2D eigenvalue weighted by Crippen LogP contribution is -2.48. The smallest absolute Gasteiger partial charge is 0.408 e. The van der Waals surface area contributed by atoms with Crippen molar-refractivity contribution in [2.75, 3.05) is 0 Å². The van der Waals surface area contributed by atoms with Crippen LogP contribution in [0.2, 0.25) is 0 Å². The van der Waals surface area contributed by atoms with E-state index >= 15 is 0 Å². The second-order valence-corrected chi connectivity index (χ2v) is 8.93. The number of amides is 1. The number of carbonyl (C=O) groups is 2. The number of ether oxygens (including phenoxy) is 2. The molecular formula is C25H29NO6. The Morgan fingerprint density at radius 1 is 1.06 bits per heavy atom. The maximum atomic E-state index is 13.0. The second kappa shape index (κ2) is 9.02. The first-order valence-electron chi connectivity index (χ1n) is 10.7. The summed E-state index contributed by atoms with van der Waals surface area (Å²) in [6.07, 6.45) is -0.0416. The largest absolute Gasteiger partial charge is 0.444 e. The summed E-state index contributed by atoms with van der Waals surface area (Å²) in [5, 5.41) is 4.63. The Hall–Kier alpha value is -3.35. The van der Waals surface area contributed by atoms with Gasteiger partial charge in [0, 0.05) is 10.9 Å². The van der Waals surface area contributed by atoms with Gasteiger partial charge in [0.15, 0.2) is 0 Å². The van der Waals surface area contributed by atoms with E-state index in [0.717, 1.165) is 10.8 Å². The van der Waals surface area contributed by atoms with Crippen LogP contribution in [0.4, 0.5) is 4.79 Å². The molecule has 2 atom stereocenters. The summed E-state index contributed by atoms with van der Waals surface area (Å²) < 4.78 is 16.5. The van der Waals surface area contributed by atoms with Gasteiger partial charge in [-0.2, -0.15) is 0 Å². The van der Waals surface area contributed by atoms with E-state index in [9.17, 15) is 14.4 Å². The van der Waals surface area contributed by atoms with Crippen molar-refractivity contribution in [1.82, 2.24) is 5.32 Å². The first kappa shape index (κ1) is 23.3. The van der Waals surface area contributed by atoms with Crippen LogP contribution in [0.5, 0.6) is 5.75 Å². The Bertz CT molecular complexity index is 1220. The van der Waals surface area contributed by atoms with Gasteiger partial charge in [-0.15, -0.1) is 0 Å². The molecule has 0 saturated heterocycles. The predicted molar refractivity (Wildman–Crippen MR) is 123 cm³/mol. The summed E-state index contributed by atoms with van der Waals surface area (Å²) in [5.41, 5.74) is -0.259. The van der Waals surface area contributed by atoms with Gasteiger partial charge in [0.2, 0.25) is 0 Å². The highest BCUT2D eigenvalue weighted by Crippen LogP contribution is 2.31. The molecule has 1 aromatic heterocycles. The first-order valence-corrected chi connectivity index (χ1v) is 10.7. The van der Waals surface area contributed by atoms with Gasteiger partial charge in [-0.25, -0.2) is 14.4 Å².